The van der Waals surface area contributed by atoms with Gasteiger partial charge < -0.3 is 10.0 Å². The zero-order valence-corrected chi connectivity index (χ0v) is 12.3. The number of carboxylic acid groups (broad SMARTS) is 1. The molecule has 0 bridgehead atoms. The van der Waals surface area contributed by atoms with Gasteiger partial charge in [-0.05, 0) is 31.5 Å². The number of rotatable bonds is 5. The van der Waals surface area contributed by atoms with E-state index in [1.54, 1.807) is 29.8 Å². The van der Waals surface area contributed by atoms with E-state index in [9.17, 15) is 9.59 Å². The normalized spacial score (nSPS) is 12.3. The number of benzene rings is 1. The minimum absolute atomic E-state index is 0.336. The average Bonchev–Trinajstić information content (AvgIpc) is 2.88. The van der Waals surface area contributed by atoms with Gasteiger partial charge in [-0.2, -0.15) is 0 Å². The molecule has 0 spiro atoms. The minimum atomic E-state index is -1.01. The van der Waals surface area contributed by atoms with E-state index in [0.29, 0.717) is 24.0 Å². The fourth-order valence-corrected chi connectivity index (χ4v) is 2.30. The number of hydrogen-bond acceptors (Lipinski definition) is 4. The van der Waals surface area contributed by atoms with Crippen LogP contribution in [0.4, 0.5) is 0 Å². The van der Waals surface area contributed by atoms with Gasteiger partial charge in [0.2, 0.25) is 0 Å². The standard InChI is InChI=1S/C14H18N4O3/c1-4-11(14(20)21)17(3)13(19)9-6-7-12-10(8-9)15-16-18(12)5-2/h6-8,11H,4-5H2,1-3H3,(H,20,21). The van der Waals surface area contributed by atoms with Crippen LogP contribution in [0.3, 0.4) is 0 Å². The Balaban J connectivity index is 2.33. The van der Waals surface area contributed by atoms with Crippen LogP contribution in [-0.2, 0) is 11.3 Å². The summed E-state index contributed by atoms with van der Waals surface area (Å²) in [6.45, 7) is 4.39. The summed E-state index contributed by atoms with van der Waals surface area (Å²) in [6.07, 6.45) is 0.353. The van der Waals surface area contributed by atoms with Gasteiger partial charge in [0.25, 0.3) is 5.91 Å². The van der Waals surface area contributed by atoms with Crippen molar-refractivity contribution >= 4 is 22.9 Å². The van der Waals surface area contributed by atoms with E-state index < -0.39 is 12.0 Å². The third-order valence-electron chi connectivity index (χ3n) is 3.52. The predicted octanol–water partition coefficient (Wildman–Crippen LogP) is 1.39. The topological polar surface area (TPSA) is 88.3 Å². The number of carboxylic acids is 1. The first-order valence-corrected chi connectivity index (χ1v) is 6.82. The first-order chi connectivity index (χ1) is 9.99. The Morgan fingerprint density at radius 3 is 2.67 bits per heavy atom. The highest BCUT2D eigenvalue weighted by molar-refractivity contribution is 5.98. The van der Waals surface area contributed by atoms with Gasteiger partial charge in [-0.15, -0.1) is 5.10 Å². The molecular weight excluding hydrogens is 272 g/mol. The highest BCUT2D eigenvalue weighted by atomic mass is 16.4. The largest absolute Gasteiger partial charge is 0.480 e. The number of aromatic nitrogens is 3. The molecule has 21 heavy (non-hydrogen) atoms. The van der Waals surface area contributed by atoms with Crippen LogP contribution in [0.1, 0.15) is 30.6 Å². The number of carbonyl (C=O) groups excluding carboxylic acids is 1. The molecular formula is C14H18N4O3. The van der Waals surface area contributed by atoms with Crippen molar-refractivity contribution in [3.63, 3.8) is 0 Å². The van der Waals surface area contributed by atoms with E-state index in [1.807, 2.05) is 6.92 Å². The van der Waals surface area contributed by atoms with Gasteiger partial charge in [-0.3, -0.25) is 4.79 Å². The predicted molar refractivity (Wildman–Crippen MR) is 77.0 cm³/mol. The van der Waals surface area contributed by atoms with Crippen LogP contribution in [0.25, 0.3) is 11.0 Å². The summed E-state index contributed by atoms with van der Waals surface area (Å²) >= 11 is 0. The molecule has 0 fully saturated rings. The molecule has 1 unspecified atom stereocenters. The molecule has 2 rings (SSSR count). The summed E-state index contributed by atoms with van der Waals surface area (Å²) in [6, 6.07) is 4.26. The maximum Gasteiger partial charge on any atom is 0.326 e. The monoisotopic (exact) mass is 290 g/mol. The van der Waals surface area contributed by atoms with Crippen LogP contribution in [0.15, 0.2) is 18.2 Å². The molecule has 1 heterocycles. The summed E-state index contributed by atoms with van der Waals surface area (Å²) in [5.74, 6) is -1.34. The number of carbonyl (C=O) groups is 2. The lowest BCUT2D eigenvalue weighted by Gasteiger charge is -2.23. The molecule has 1 N–H and O–H groups in total. The summed E-state index contributed by atoms with van der Waals surface area (Å²) in [7, 11) is 1.50. The average molecular weight is 290 g/mol. The van der Waals surface area contributed by atoms with Gasteiger partial charge in [-0.1, -0.05) is 12.1 Å². The smallest absolute Gasteiger partial charge is 0.326 e. The Kier molecular flexibility index (Phi) is 4.21. The first-order valence-electron chi connectivity index (χ1n) is 6.82. The summed E-state index contributed by atoms with van der Waals surface area (Å²) < 4.78 is 1.74. The van der Waals surface area contributed by atoms with E-state index in [-0.39, 0.29) is 5.91 Å². The van der Waals surface area contributed by atoms with E-state index in [2.05, 4.69) is 10.3 Å². The number of likely N-dealkylation sites (N-methyl/N-ethyl adjacent to an activating group) is 1. The molecule has 0 saturated heterocycles. The number of amides is 1. The Bertz CT molecular complexity index is 680. The lowest BCUT2D eigenvalue weighted by Crippen LogP contribution is -2.41. The fraction of sp³-hybridized carbons (Fsp3) is 0.429. The fourth-order valence-electron chi connectivity index (χ4n) is 2.30. The van der Waals surface area contributed by atoms with Crippen LogP contribution in [-0.4, -0.2) is 50.0 Å². The van der Waals surface area contributed by atoms with Crippen molar-refractivity contribution in [2.75, 3.05) is 7.05 Å². The maximum atomic E-state index is 12.4. The number of hydrogen-bond donors (Lipinski definition) is 1. The van der Waals surface area contributed by atoms with Crippen molar-refractivity contribution in [3.05, 3.63) is 23.8 Å². The lowest BCUT2D eigenvalue weighted by atomic mass is 10.1. The van der Waals surface area contributed by atoms with Crippen LogP contribution in [0, 0.1) is 0 Å². The van der Waals surface area contributed by atoms with Crippen LogP contribution in [0.5, 0.6) is 0 Å². The number of fused-ring (bicyclic) bond motifs is 1. The van der Waals surface area contributed by atoms with Crippen molar-refractivity contribution in [1.29, 1.82) is 0 Å². The second kappa shape index (κ2) is 5.90. The second-order valence-corrected chi connectivity index (χ2v) is 4.79. The summed E-state index contributed by atoms with van der Waals surface area (Å²) in [5, 5.41) is 17.1. The van der Waals surface area contributed by atoms with Crippen molar-refractivity contribution in [1.82, 2.24) is 19.9 Å². The van der Waals surface area contributed by atoms with E-state index in [0.717, 1.165) is 5.52 Å². The Morgan fingerprint density at radius 1 is 1.38 bits per heavy atom. The molecule has 112 valence electrons. The molecule has 0 aliphatic carbocycles. The number of nitrogens with zero attached hydrogens (tertiary/aromatic N) is 4. The first kappa shape index (κ1) is 15.0. The zero-order valence-electron chi connectivity index (χ0n) is 12.3. The second-order valence-electron chi connectivity index (χ2n) is 4.79. The SMILES string of the molecule is CCC(C(=O)O)N(C)C(=O)c1ccc2c(c1)nnn2CC. The van der Waals surface area contributed by atoms with Gasteiger partial charge in [0.05, 0.1) is 5.52 Å². The van der Waals surface area contributed by atoms with Crippen molar-refractivity contribution in [3.8, 4) is 0 Å². The van der Waals surface area contributed by atoms with Gasteiger partial charge in [0.15, 0.2) is 0 Å². The van der Waals surface area contributed by atoms with Gasteiger partial charge >= 0.3 is 5.97 Å². The zero-order chi connectivity index (χ0) is 15.6. The molecule has 1 aromatic heterocycles. The van der Waals surface area contributed by atoms with Crippen molar-refractivity contribution in [2.24, 2.45) is 0 Å². The molecule has 0 saturated carbocycles. The van der Waals surface area contributed by atoms with Crippen LogP contribution in [0.2, 0.25) is 0 Å². The summed E-state index contributed by atoms with van der Waals surface area (Å²) in [4.78, 5) is 24.8. The quantitative estimate of drug-likeness (QED) is 0.898. The third kappa shape index (κ3) is 2.72. The van der Waals surface area contributed by atoms with Crippen molar-refractivity contribution < 1.29 is 14.7 Å². The van der Waals surface area contributed by atoms with E-state index in [4.69, 9.17) is 5.11 Å². The molecule has 1 atom stereocenters. The lowest BCUT2D eigenvalue weighted by molar-refractivity contribution is -0.142. The maximum absolute atomic E-state index is 12.4. The van der Waals surface area contributed by atoms with Gasteiger partial charge in [0, 0.05) is 19.2 Å². The summed E-state index contributed by atoms with van der Waals surface area (Å²) in [5.41, 5.74) is 1.88. The highest BCUT2D eigenvalue weighted by Crippen LogP contribution is 2.16. The molecule has 0 aliphatic heterocycles. The Hall–Kier alpha value is -2.44. The van der Waals surface area contributed by atoms with E-state index >= 15 is 0 Å². The van der Waals surface area contributed by atoms with Crippen LogP contribution >= 0.6 is 0 Å². The number of aliphatic carboxylic acids is 1. The van der Waals surface area contributed by atoms with Crippen LogP contribution < -0.4 is 0 Å². The highest BCUT2D eigenvalue weighted by Gasteiger charge is 2.25. The molecule has 1 aromatic carbocycles. The molecule has 1 amide bonds. The minimum Gasteiger partial charge on any atom is -0.480 e. The molecule has 0 aliphatic rings. The van der Waals surface area contributed by atoms with Crippen molar-refractivity contribution in [2.45, 2.75) is 32.9 Å². The molecule has 2 aromatic rings. The molecule has 7 heteroatoms. The molecule has 0 radical (unpaired) electrons. The number of aryl methyl sites for hydroxylation is 1. The Morgan fingerprint density at radius 2 is 2.10 bits per heavy atom. The van der Waals surface area contributed by atoms with Gasteiger partial charge in [-0.25, -0.2) is 9.48 Å². The molecule has 7 nitrogen and oxygen atoms in total. The van der Waals surface area contributed by atoms with Gasteiger partial charge in [0.1, 0.15) is 11.6 Å². The van der Waals surface area contributed by atoms with E-state index in [1.165, 1.54) is 11.9 Å². The third-order valence-corrected chi connectivity index (χ3v) is 3.52. The Labute approximate surface area is 122 Å².